The van der Waals surface area contributed by atoms with E-state index in [4.69, 9.17) is 11.6 Å². The predicted octanol–water partition coefficient (Wildman–Crippen LogP) is 2.77. The van der Waals surface area contributed by atoms with Crippen molar-refractivity contribution in [1.82, 2.24) is 0 Å². The molecule has 3 rings (SSSR count). The average molecular weight is 392 g/mol. The van der Waals surface area contributed by atoms with Crippen molar-refractivity contribution in [2.75, 3.05) is 23.6 Å². The molecule has 134 valence electrons. The molecule has 0 N–H and O–H groups in total. The highest BCUT2D eigenvalue weighted by atomic mass is 35.5. The zero-order valence-electron chi connectivity index (χ0n) is 13.7. The van der Waals surface area contributed by atoms with Gasteiger partial charge in [-0.1, -0.05) is 29.8 Å². The van der Waals surface area contributed by atoms with E-state index in [0.29, 0.717) is 27.5 Å². The van der Waals surface area contributed by atoms with Gasteiger partial charge in [0.15, 0.2) is 0 Å². The summed E-state index contributed by atoms with van der Waals surface area (Å²) in [7, 11) is -1.28. The first-order valence-corrected chi connectivity index (χ1v) is 9.67. The molecule has 2 aromatic carbocycles. The van der Waals surface area contributed by atoms with Gasteiger partial charge in [0.2, 0.25) is 5.91 Å². The zero-order chi connectivity index (χ0) is 18.8. The fraction of sp³-hybridized carbons (Fsp3) is 0.176. The van der Waals surface area contributed by atoms with Crippen molar-refractivity contribution in [3.63, 3.8) is 0 Å². The molecule has 1 atom stereocenters. The molecule has 1 heterocycles. The van der Waals surface area contributed by atoms with Crippen LogP contribution in [0.2, 0.25) is 5.02 Å². The normalized spacial score (nSPS) is 15.1. The Hall–Kier alpha value is -2.58. The molecular weight excluding hydrogens is 378 g/mol. The molecule has 0 radical (unpaired) electrons. The lowest BCUT2D eigenvalue weighted by atomic mass is 9.99. The van der Waals surface area contributed by atoms with Crippen LogP contribution in [0.15, 0.2) is 47.5 Å². The van der Waals surface area contributed by atoms with Crippen molar-refractivity contribution in [1.29, 1.82) is 0 Å². The van der Waals surface area contributed by atoms with E-state index in [9.17, 15) is 19.1 Å². The van der Waals surface area contributed by atoms with Crippen molar-refractivity contribution >= 4 is 45.4 Å². The van der Waals surface area contributed by atoms with E-state index in [0.717, 1.165) is 0 Å². The molecule has 1 aliphatic rings. The van der Waals surface area contributed by atoms with Gasteiger partial charge in [-0.2, -0.15) is 0 Å². The molecule has 0 aromatic heterocycles. The number of carbonyl (C=O) groups is 1. The fourth-order valence-corrected chi connectivity index (χ4v) is 3.59. The number of benzodiazepines with no additional fused rings is 1. The molecule has 1 amide bonds. The van der Waals surface area contributed by atoms with Gasteiger partial charge in [0.1, 0.15) is 12.4 Å². The summed E-state index contributed by atoms with van der Waals surface area (Å²) in [6.45, 7) is -0.166. The molecule has 2 aromatic rings. The lowest BCUT2D eigenvalue weighted by molar-refractivity contribution is -0.384. The first kappa shape index (κ1) is 18.2. The molecule has 0 fully saturated rings. The van der Waals surface area contributed by atoms with E-state index < -0.39 is 15.7 Å². The van der Waals surface area contributed by atoms with E-state index in [1.54, 1.807) is 24.3 Å². The minimum Gasteiger partial charge on any atom is -0.298 e. The molecule has 1 aliphatic heterocycles. The first-order valence-electron chi connectivity index (χ1n) is 7.57. The van der Waals surface area contributed by atoms with Gasteiger partial charge in [-0.05, 0) is 12.1 Å². The molecule has 1 unspecified atom stereocenters. The molecule has 0 aliphatic carbocycles. The first-order chi connectivity index (χ1) is 12.4. The number of rotatable bonds is 4. The molecule has 9 heteroatoms. The van der Waals surface area contributed by atoms with Crippen LogP contribution in [-0.4, -0.2) is 39.4 Å². The summed E-state index contributed by atoms with van der Waals surface area (Å²) in [6, 6.07) is 11.1. The Morgan fingerprint density at radius 1 is 1.27 bits per heavy atom. The Morgan fingerprint density at radius 2 is 2.00 bits per heavy atom. The summed E-state index contributed by atoms with van der Waals surface area (Å²) >= 11 is 6.27. The van der Waals surface area contributed by atoms with Gasteiger partial charge in [0.05, 0.1) is 16.3 Å². The number of fused-ring (bicyclic) bond motifs is 1. The van der Waals surface area contributed by atoms with Gasteiger partial charge in [-0.3, -0.25) is 29.0 Å². The van der Waals surface area contributed by atoms with E-state index in [2.05, 4.69) is 4.99 Å². The standard InChI is InChI=1S/C17H14ClN3O4S/c1-26(25)10-20-15-7-6-11(21(23)24)8-13(15)17(19-9-16(20)22)12-4-2-3-5-14(12)18/h2-8H,9-10H2,1H3. The number of anilines is 1. The number of hydrogen-bond acceptors (Lipinski definition) is 5. The monoisotopic (exact) mass is 391 g/mol. The third-order valence-electron chi connectivity index (χ3n) is 3.85. The molecule has 0 bridgehead atoms. The van der Waals surface area contributed by atoms with Crippen LogP contribution in [0.25, 0.3) is 0 Å². The fourth-order valence-electron chi connectivity index (χ4n) is 2.72. The average Bonchev–Trinajstić information content (AvgIpc) is 2.72. The van der Waals surface area contributed by atoms with Gasteiger partial charge in [-0.15, -0.1) is 0 Å². The SMILES string of the molecule is CS(=O)CN1C(=O)CN=C(c2ccccc2Cl)c2cc([N+](=O)[O-])ccc21. The van der Waals surface area contributed by atoms with Crippen LogP contribution in [-0.2, 0) is 15.6 Å². The Labute approximate surface area is 156 Å². The summed E-state index contributed by atoms with van der Waals surface area (Å²) < 4.78 is 11.7. The van der Waals surface area contributed by atoms with Crippen LogP contribution >= 0.6 is 11.6 Å². The summed E-state index contributed by atoms with van der Waals surface area (Å²) in [5.74, 6) is -0.355. The van der Waals surface area contributed by atoms with E-state index in [-0.39, 0.29) is 24.0 Å². The van der Waals surface area contributed by atoms with Crippen LogP contribution < -0.4 is 4.90 Å². The molecule has 7 nitrogen and oxygen atoms in total. The lowest BCUT2D eigenvalue weighted by Gasteiger charge is -2.21. The summed E-state index contributed by atoms with van der Waals surface area (Å²) in [6.07, 6.45) is 1.49. The molecule has 26 heavy (non-hydrogen) atoms. The second-order valence-electron chi connectivity index (χ2n) is 5.63. The van der Waals surface area contributed by atoms with Gasteiger partial charge in [0.25, 0.3) is 5.69 Å². The van der Waals surface area contributed by atoms with Crippen molar-refractivity contribution in [3.8, 4) is 0 Å². The van der Waals surface area contributed by atoms with Crippen LogP contribution in [0, 0.1) is 10.1 Å². The number of hydrogen-bond donors (Lipinski definition) is 0. The highest BCUT2D eigenvalue weighted by Gasteiger charge is 2.28. The second-order valence-corrected chi connectivity index (χ2v) is 7.44. The highest BCUT2D eigenvalue weighted by molar-refractivity contribution is 7.84. The quantitative estimate of drug-likeness (QED) is 0.591. The number of nitro benzene ring substituents is 1. The zero-order valence-corrected chi connectivity index (χ0v) is 15.3. The van der Waals surface area contributed by atoms with Crippen LogP contribution in [0.3, 0.4) is 0 Å². The maximum absolute atomic E-state index is 12.5. The van der Waals surface area contributed by atoms with Crippen LogP contribution in [0.4, 0.5) is 11.4 Å². The number of halogens is 1. The summed E-state index contributed by atoms with van der Waals surface area (Å²) in [5.41, 5.74) is 1.67. The molecule has 0 saturated heterocycles. The maximum Gasteiger partial charge on any atom is 0.270 e. The number of non-ortho nitro benzene ring substituents is 1. The summed E-state index contributed by atoms with van der Waals surface area (Å²) in [4.78, 5) is 28.9. The van der Waals surface area contributed by atoms with Crippen LogP contribution in [0.5, 0.6) is 0 Å². The highest BCUT2D eigenvalue weighted by Crippen LogP contribution is 2.32. The van der Waals surface area contributed by atoms with Crippen molar-refractivity contribution in [3.05, 3.63) is 68.7 Å². The Bertz CT molecular complexity index is 961. The topological polar surface area (TPSA) is 92.9 Å². The van der Waals surface area contributed by atoms with Gasteiger partial charge < -0.3 is 0 Å². The number of nitrogens with zero attached hydrogens (tertiary/aromatic N) is 3. The number of nitro groups is 1. The van der Waals surface area contributed by atoms with Crippen LogP contribution in [0.1, 0.15) is 11.1 Å². The third-order valence-corrected chi connectivity index (χ3v) is 4.80. The Kier molecular flexibility index (Phi) is 5.15. The minimum absolute atomic E-state index is 0.0189. The maximum atomic E-state index is 12.5. The van der Waals surface area contributed by atoms with E-state index >= 15 is 0 Å². The lowest BCUT2D eigenvalue weighted by Crippen LogP contribution is -2.35. The Balaban J connectivity index is 2.25. The third kappa shape index (κ3) is 3.51. The Morgan fingerprint density at radius 3 is 2.65 bits per heavy atom. The predicted molar refractivity (Wildman–Crippen MR) is 101 cm³/mol. The van der Waals surface area contributed by atoms with Gasteiger partial charge >= 0.3 is 0 Å². The van der Waals surface area contributed by atoms with E-state index in [1.165, 1.54) is 29.4 Å². The smallest absolute Gasteiger partial charge is 0.270 e. The minimum atomic E-state index is -1.28. The molecule has 0 saturated carbocycles. The van der Waals surface area contributed by atoms with Crippen molar-refractivity contribution in [2.24, 2.45) is 4.99 Å². The second kappa shape index (κ2) is 7.35. The number of amides is 1. The van der Waals surface area contributed by atoms with Gasteiger partial charge in [0, 0.05) is 45.3 Å². The van der Waals surface area contributed by atoms with Gasteiger partial charge in [-0.25, -0.2) is 0 Å². The van der Waals surface area contributed by atoms with Crippen molar-refractivity contribution < 1.29 is 13.9 Å². The molecule has 0 spiro atoms. The molecular formula is C17H14ClN3O4S. The summed E-state index contributed by atoms with van der Waals surface area (Å²) in [5, 5.41) is 11.6. The number of aliphatic imine (C=N–C) groups is 1. The number of carbonyl (C=O) groups excluding carboxylic acids is 1. The van der Waals surface area contributed by atoms with E-state index in [1.807, 2.05) is 0 Å². The number of benzene rings is 2. The largest absolute Gasteiger partial charge is 0.298 e. The van der Waals surface area contributed by atoms with Crippen molar-refractivity contribution in [2.45, 2.75) is 0 Å².